The molecule has 7 nitrogen and oxygen atoms in total. The third kappa shape index (κ3) is 4.92. The monoisotopic (exact) mass is 432 g/mol. The van der Waals surface area contributed by atoms with E-state index in [2.05, 4.69) is 47.5 Å². The molecule has 1 N–H and O–H groups in total. The third-order valence-corrected chi connectivity index (χ3v) is 5.76. The van der Waals surface area contributed by atoms with Gasteiger partial charge < -0.3 is 5.32 Å². The zero-order valence-corrected chi connectivity index (χ0v) is 17.8. The number of amides is 1. The Kier molecular flexibility index (Phi) is 5.99. The van der Waals surface area contributed by atoms with Gasteiger partial charge in [-0.2, -0.15) is 0 Å². The van der Waals surface area contributed by atoms with Crippen LogP contribution in [0.5, 0.6) is 0 Å². The molecule has 0 atom stereocenters. The average Bonchev–Trinajstić information content (AvgIpc) is 3.13. The van der Waals surface area contributed by atoms with Crippen LogP contribution in [0.3, 0.4) is 0 Å². The van der Waals surface area contributed by atoms with Gasteiger partial charge in [0.1, 0.15) is 12.2 Å². The zero-order valence-electron chi connectivity index (χ0n) is 17.0. The topological polar surface area (TPSA) is 90.0 Å². The standard InChI is InChI=1S/C23H20N4O3S/c1-15-6-7-16(2)20(13-15)31-18-10-8-17(9-11-18)25-21(28)14-27-22(26-30-23(27)29)19-5-3-4-12-24-19/h3-13H,14H2,1-2H3,(H,25,28). The summed E-state index contributed by atoms with van der Waals surface area (Å²) >= 11 is 1.68. The van der Waals surface area contributed by atoms with Crippen molar-refractivity contribution in [3.05, 3.63) is 88.5 Å². The minimum Gasteiger partial charge on any atom is -0.325 e. The summed E-state index contributed by atoms with van der Waals surface area (Å²) in [6.45, 7) is 3.93. The van der Waals surface area contributed by atoms with Gasteiger partial charge in [-0.05, 0) is 67.4 Å². The summed E-state index contributed by atoms with van der Waals surface area (Å²) in [6, 6.07) is 19.1. The second kappa shape index (κ2) is 9.01. The van der Waals surface area contributed by atoms with Crippen LogP contribution in [0, 0.1) is 13.8 Å². The number of carbonyl (C=O) groups excluding carboxylic acids is 1. The minimum atomic E-state index is -0.712. The zero-order chi connectivity index (χ0) is 21.8. The van der Waals surface area contributed by atoms with Gasteiger partial charge in [0.05, 0.1) is 0 Å². The SMILES string of the molecule is Cc1ccc(C)c(Sc2ccc(NC(=O)Cn3c(-c4ccccn4)noc3=O)cc2)c1. The lowest BCUT2D eigenvalue weighted by atomic mass is 10.2. The quantitative estimate of drug-likeness (QED) is 0.488. The van der Waals surface area contributed by atoms with Gasteiger partial charge in [-0.15, -0.1) is 0 Å². The highest BCUT2D eigenvalue weighted by Gasteiger charge is 2.16. The highest BCUT2D eigenvalue weighted by molar-refractivity contribution is 7.99. The molecule has 0 aliphatic rings. The van der Waals surface area contributed by atoms with E-state index < -0.39 is 5.76 Å². The number of hydrogen-bond donors (Lipinski definition) is 1. The second-order valence-electron chi connectivity index (χ2n) is 7.02. The van der Waals surface area contributed by atoms with Crippen LogP contribution in [0.25, 0.3) is 11.5 Å². The van der Waals surface area contributed by atoms with Gasteiger partial charge in [0.15, 0.2) is 0 Å². The van der Waals surface area contributed by atoms with Gasteiger partial charge >= 0.3 is 5.76 Å². The molecule has 0 bridgehead atoms. The van der Waals surface area contributed by atoms with E-state index in [1.165, 1.54) is 16.0 Å². The maximum absolute atomic E-state index is 12.5. The Morgan fingerprint density at radius 3 is 2.65 bits per heavy atom. The molecule has 0 unspecified atom stereocenters. The molecule has 2 aromatic heterocycles. The molecule has 2 aromatic carbocycles. The fraction of sp³-hybridized carbons (Fsp3) is 0.130. The third-order valence-electron chi connectivity index (χ3n) is 4.59. The van der Waals surface area contributed by atoms with Crippen molar-refractivity contribution in [2.45, 2.75) is 30.2 Å². The maximum atomic E-state index is 12.5. The molecule has 4 aromatic rings. The first-order valence-electron chi connectivity index (χ1n) is 9.62. The molecule has 0 fully saturated rings. The van der Waals surface area contributed by atoms with E-state index in [1.54, 1.807) is 36.2 Å². The van der Waals surface area contributed by atoms with Crippen molar-refractivity contribution in [1.82, 2.24) is 14.7 Å². The number of aryl methyl sites for hydroxylation is 2. The van der Waals surface area contributed by atoms with Crippen molar-refractivity contribution in [1.29, 1.82) is 0 Å². The predicted molar refractivity (Wildman–Crippen MR) is 119 cm³/mol. The number of nitrogens with zero attached hydrogens (tertiary/aromatic N) is 3. The molecule has 0 spiro atoms. The molecule has 1 amide bonds. The Labute approximate surface area is 183 Å². The normalized spacial score (nSPS) is 10.8. The van der Waals surface area contributed by atoms with Gasteiger partial charge in [0, 0.05) is 21.7 Å². The van der Waals surface area contributed by atoms with Gasteiger partial charge in [-0.25, -0.2) is 9.36 Å². The van der Waals surface area contributed by atoms with E-state index in [4.69, 9.17) is 4.52 Å². The lowest BCUT2D eigenvalue weighted by molar-refractivity contribution is -0.116. The van der Waals surface area contributed by atoms with E-state index in [0.717, 1.165) is 9.46 Å². The predicted octanol–water partition coefficient (Wildman–Crippen LogP) is 4.31. The van der Waals surface area contributed by atoms with Crippen LogP contribution in [0.1, 0.15) is 11.1 Å². The Balaban J connectivity index is 1.44. The number of rotatable bonds is 6. The highest BCUT2D eigenvalue weighted by Crippen LogP contribution is 2.31. The largest absolute Gasteiger partial charge is 0.442 e. The van der Waals surface area contributed by atoms with Gasteiger partial charge in [0.25, 0.3) is 0 Å². The van der Waals surface area contributed by atoms with E-state index >= 15 is 0 Å². The summed E-state index contributed by atoms with van der Waals surface area (Å²) in [5, 5.41) is 6.54. The summed E-state index contributed by atoms with van der Waals surface area (Å²) in [5.74, 6) is -0.866. The Morgan fingerprint density at radius 2 is 1.90 bits per heavy atom. The summed E-state index contributed by atoms with van der Waals surface area (Å²) in [5.41, 5.74) is 3.52. The smallest absolute Gasteiger partial charge is 0.325 e. The number of carbonyl (C=O) groups is 1. The number of anilines is 1. The molecule has 0 aliphatic carbocycles. The fourth-order valence-corrected chi connectivity index (χ4v) is 3.98. The highest BCUT2D eigenvalue weighted by atomic mass is 32.2. The molecule has 8 heteroatoms. The summed E-state index contributed by atoms with van der Waals surface area (Å²) < 4.78 is 5.88. The Morgan fingerprint density at radius 1 is 1.10 bits per heavy atom. The van der Waals surface area contributed by atoms with Crippen LogP contribution < -0.4 is 11.1 Å². The maximum Gasteiger partial charge on any atom is 0.442 e. The van der Waals surface area contributed by atoms with E-state index in [0.29, 0.717) is 11.4 Å². The van der Waals surface area contributed by atoms with Gasteiger partial charge in [-0.3, -0.25) is 14.3 Å². The van der Waals surface area contributed by atoms with Crippen LogP contribution >= 0.6 is 11.8 Å². The molecule has 0 saturated carbocycles. The first-order chi connectivity index (χ1) is 15.0. The van der Waals surface area contributed by atoms with Crippen molar-refractivity contribution >= 4 is 23.4 Å². The molecule has 31 heavy (non-hydrogen) atoms. The number of benzene rings is 2. The van der Waals surface area contributed by atoms with E-state index in [1.807, 2.05) is 24.3 Å². The summed E-state index contributed by atoms with van der Waals surface area (Å²) in [4.78, 5) is 30.9. The summed E-state index contributed by atoms with van der Waals surface area (Å²) in [6.07, 6.45) is 1.58. The Bertz CT molecular complexity index is 1260. The molecular formula is C23H20N4O3S. The molecular weight excluding hydrogens is 412 g/mol. The van der Waals surface area contributed by atoms with Gasteiger partial charge in [0.2, 0.25) is 11.7 Å². The summed E-state index contributed by atoms with van der Waals surface area (Å²) in [7, 11) is 0. The average molecular weight is 433 g/mol. The van der Waals surface area contributed by atoms with Crippen molar-refractivity contribution < 1.29 is 9.32 Å². The lowest BCUT2D eigenvalue weighted by Gasteiger charge is -2.09. The second-order valence-corrected chi connectivity index (χ2v) is 8.13. The first kappa shape index (κ1) is 20.6. The molecule has 156 valence electrons. The number of pyridine rings is 1. The van der Waals surface area contributed by atoms with Crippen molar-refractivity contribution in [2.75, 3.05) is 5.32 Å². The van der Waals surface area contributed by atoms with Crippen LogP contribution in [0.15, 0.2) is 86.0 Å². The van der Waals surface area contributed by atoms with Crippen molar-refractivity contribution in [2.24, 2.45) is 0 Å². The van der Waals surface area contributed by atoms with Gasteiger partial charge in [-0.1, -0.05) is 35.1 Å². The molecule has 2 heterocycles. The van der Waals surface area contributed by atoms with Crippen LogP contribution in [0.2, 0.25) is 0 Å². The number of aromatic nitrogens is 3. The number of nitrogens with one attached hydrogen (secondary N) is 1. The molecule has 4 rings (SSSR count). The first-order valence-corrected chi connectivity index (χ1v) is 10.4. The molecule has 0 radical (unpaired) electrons. The fourth-order valence-electron chi connectivity index (χ4n) is 2.98. The molecule has 0 aliphatic heterocycles. The molecule has 0 saturated heterocycles. The van der Waals surface area contributed by atoms with Crippen molar-refractivity contribution in [3.63, 3.8) is 0 Å². The number of hydrogen-bond acceptors (Lipinski definition) is 6. The van der Waals surface area contributed by atoms with E-state index in [-0.39, 0.29) is 18.3 Å². The Hall–Kier alpha value is -3.65. The van der Waals surface area contributed by atoms with Crippen molar-refractivity contribution in [3.8, 4) is 11.5 Å². The van der Waals surface area contributed by atoms with Crippen LogP contribution in [-0.2, 0) is 11.3 Å². The van der Waals surface area contributed by atoms with Crippen LogP contribution in [-0.4, -0.2) is 20.6 Å². The minimum absolute atomic E-state index is 0.209. The lowest BCUT2D eigenvalue weighted by Crippen LogP contribution is -2.25. The van der Waals surface area contributed by atoms with E-state index in [9.17, 15) is 9.59 Å². The van der Waals surface area contributed by atoms with Crippen LogP contribution in [0.4, 0.5) is 5.69 Å².